The maximum absolute atomic E-state index is 13.5. The Morgan fingerprint density at radius 2 is 1.97 bits per heavy atom. The Kier molecular flexibility index (Phi) is 5.48. The molecule has 0 aliphatic carbocycles. The number of nitrogens with one attached hydrogen (secondary N) is 1. The van der Waals surface area contributed by atoms with Crippen LogP contribution in [0.15, 0.2) is 77.7 Å². The van der Waals surface area contributed by atoms with E-state index in [1.807, 2.05) is 53.2 Å². The van der Waals surface area contributed by atoms with Crippen LogP contribution in [-0.4, -0.2) is 30.5 Å². The topological polar surface area (TPSA) is 90.8 Å². The Morgan fingerprint density at radius 3 is 2.73 bits per heavy atom. The average molecular weight is 441 g/mol. The molecule has 1 amide bonds. The van der Waals surface area contributed by atoms with Crippen LogP contribution in [0.2, 0.25) is 0 Å². The third-order valence-corrected chi connectivity index (χ3v) is 5.73. The first-order valence-electron chi connectivity index (χ1n) is 10.9. The Balaban J connectivity index is 1.59. The molecule has 33 heavy (non-hydrogen) atoms. The number of amides is 1. The highest BCUT2D eigenvalue weighted by Crippen LogP contribution is 2.26. The van der Waals surface area contributed by atoms with Crippen molar-refractivity contribution in [2.75, 3.05) is 5.32 Å². The molecule has 0 aliphatic rings. The van der Waals surface area contributed by atoms with Crippen molar-refractivity contribution in [2.45, 2.75) is 32.9 Å². The zero-order chi connectivity index (χ0) is 22.8. The number of furan rings is 1. The summed E-state index contributed by atoms with van der Waals surface area (Å²) in [6.07, 6.45) is 5.91. The molecule has 0 aliphatic heterocycles. The van der Waals surface area contributed by atoms with Gasteiger partial charge in [0.1, 0.15) is 18.1 Å². The van der Waals surface area contributed by atoms with E-state index >= 15 is 0 Å². The van der Waals surface area contributed by atoms with E-state index in [2.05, 4.69) is 29.4 Å². The number of hydrogen-bond donors (Lipinski definition) is 1. The fraction of sp³-hybridized carbons (Fsp3) is 0.200. The lowest BCUT2D eigenvalue weighted by atomic mass is 10.1. The van der Waals surface area contributed by atoms with Crippen molar-refractivity contribution in [1.29, 1.82) is 0 Å². The molecule has 166 valence electrons. The molecule has 5 rings (SSSR count). The molecule has 1 aromatic carbocycles. The summed E-state index contributed by atoms with van der Waals surface area (Å²) in [4.78, 5) is 18.3. The minimum atomic E-state index is -0.234. The zero-order valence-corrected chi connectivity index (χ0v) is 18.5. The van der Waals surface area contributed by atoms with E-state index in [9.17, 15) is 4.79 Å². The molecule has 0 radical (unpaired) electrons. The zero-order valence-electron chi connectivity index (χ0n) is 18.5. The second-order valence-corrected chi connectivity index (χ2v) is 7.91. The fourth-order valence-electron chi connectivity index (χ4n) is 3.78. The van der Waals surface area contributed by atoms with E-state index in [-0.39, 0.29) is 11.9 Å². The number of hydrogen-bond acceptors (Lipinski definition) is 5. The van der Waals surface area contributed by atoms with Crippen LogP contribution in [0.1, 0.15) is 42.4 Å². The van der Waals surface area contributed by atoms with Gasteiger partial charge in [0.05, 0.1) is 41.3 Å². The van der Waals surface area contributed by atoms with Gasteiger partial charge in [0.2, 0.25) is 0 Å². The van der Waals surface area contributed by atoms with Gasteiger partial charge in [-0.25, -0.2) is 14.3 Å². The smallest absolute Gasteiger partial charge is 0.257 e. The van der Waals surface area contributed by atoms with E-state index in [1.165, 1.54) is 0 Å². The summed E-state index contributed by atoms with van der Waals surface area (Å²) >= 11 is 0. The average Bonchev–Trinajstić information content (AvgIpc) is 3.61. The molecule has 4 aromatic heterocycles. The van der Waals surface area contributed by atoms with E-state index in [1.54, 1.807) is 29.4 Å². The van der Waals surface area contributed by atoms with Crippen molar-refractivity contribution in [1.82, 2.24) is 24.5 Å². The van der Waals surface area contributed by atoms with Crippen molar-refractivity contribution >= 4 is 22.8 Å². The van der Waals surface area contributed by atoms with Gasteiger partial charge in [0.15, 0.2) is 5.65 Å². The van der Waals surface area contributed by atoms with Crippen molar-refractivity contribution in [2.24, 2.45) is 0 Å². The molecule has 0 fully saturated rings. The third kappa shape index (κ3) is 4.03. The number of pyridine rings is 1. The van der Waals surface area contributed by atoms with Gasteiger partial charge in [0, 0.05) is 11.6 Å². The summed E-state index contributed by atoms with van der Waals surface area (Å²) in [5.74, 6) is 1.18. The van der Waals surface area contributed by atoms with Gasteiger partial charge >= 0.3 is 0 Å². The molecule has 1 unspecified atom stereocenters. The Bertz CT molecular complexity index is 1390. The van der Waals surface area contributed by atoms with Gasteiger partial charge in [-0.15, -0.1) is 0 Å². The van der Waals surface area contributed by atoms with E-state index in [0.29, 0.717) is 34.7 Å². The molecular formula is C25H24N6O2. The second kappa shape index (κ2) is 8.74. The minimum absolute atomic E-state index is 0.170. The number of anilines is 1. The molecule has 5 aromatic rings. The first kappa shape index (κ1) is 20.7. The van der Waals surface area contributed by atoms with E-state index in [0.717, 1.165) is 17.7 Å². The highest BCUT2D eigenvalue weighted by molar-refractivity contribution is 6.12. The van der Waals surface area contributed by atoms with Crippen LogP contribution in [0, 0.1) is 0 Å². The summed E-state index contributed by atoms with van der Waals surface area (Å²) < 4.78 is 9.07. The molecule has 8 nitrogen and oxygen atoms in total. The number of benzene rings is 1. The molecule has 4 heterocycles. The van der Waals surface area contributed by atoms with Gasteiger partial charge in [-0.2, -0.15) is 10.2 Å². The SMILES string of the molecule is CCC(C)n1nccc1NC(=O)c1cc(-c2ccccc2)nc2c1cnn2Cc1ccco1. The molecule has 0 spiro atoms. The Hall–Kier alpha value is -4.20. The van der Waals surface area contributed by atoms with Crippen LogP contribution in [0.5, 0.6) is 0 Å². The van der Waals surface area contributed by atoms with Crippen LogP contribution in [-0.2, 0) is 6.54 Å². The van der Waals surface area contributed by atoms with E-state index in [4.69, 9.17) is 9.40 Å². The summed E-state index contributed by atoms with van der Waals surface area (Å²) in [5, 5.41) is 12.6. The molecule has 0 bridgehead atoms. The largest absolute Gasteiger partial charge is 0.467 e. The van der Waals surface area contributed by atoms with Crippen LogP contribution >= 0.6 is 0 Å². The van der Waals surface area contributed by atoms with Crippen LogP contribution in [0.3, 0.4) is 0 Å². The Labute approximate surface area is 190 Å². The lowest BCUT2D eigenvalue weighted by Crippen LogP contribution is -2.18. The first-order chi connectivity index (χ1) is 16.1. The first-order valence-corrected chi connectivity index (χ1v) is 10.9. The number of carbonyl (C=O) groups excluding carboxylic acids is 1. The third-order valence-electron chi connectivity index (χ3n) is 5.73. The molecule has 0 saturated carbocycles. The molecule has 1 N–H and O–H groups in total. The summed E-state index contributed by atoms with van der Waals surface area (Å²) in [7, 11) is 0. The lowest BCUT2D eigenvalue weighted by molar-refractivity contribution is 0.102. The van der Waals surface area contributed by atoms with Crippen LogP contribution in [0.4, 0.5) is 5.82 Å². The normalized spacial score (nSPS) is 12.2. The highest BCUT2D eigenvalue weighted by atomic mass is 16.3. The van der Waals surface area contributed by atoms with Crippen molar-refractivity contribution < 1.29 is 9.21 Å². The van der Waals surface area contributed by atoms with Gasteiger partial charge in [0.25, 0.3) is 5.91 Å². The van der Waals surface area contributed by atoms with Crippen molar-refractivity contribution in [3.05, 3.63) is 84.6 Å². The van der Waals surface area contributed by atoms with Gasteiger partial charge < -0.3 is 9.73 Å². The minimum Gasteiger partial charge on any atom is -0.467 e. The standard InChI is InChI=1S/C25H24N6O2/c1-3-17(2)31-23(11-12-26-31)29-25(32)20-14-22(18-8-5-4-6-9-18)28-24-21(20)15-27-30(24)16-19-10-7-13-33-19/h4-15,17H,3,16H2,1-2H3,(H,29,32). The summed E-state index contributed by atoms with van der Waals surface area (Å²) in [6, 6.07) is 17.3. The van der Waals surface area contributed by atoms with Crippen molar-refractivity contribution in [3.8, 4) is 11.3 Å². The number of nitrogens with zero attached hydrogens (tertiary/aromatic N) is 5. The maximum atomic E-state index is 13.5. The monoisotopic (exact) mass is 440 g/mol. The second-order valence-electron chi connectivity index (χ2n) is 7.91. The molecule has 0 saturated heterocycles. The molecular weight excluding hydrogens is 416 g/mol. The number of carbonyl (C=O) groups is 1. The summed E-state index contributed by atoms with van der Waals surface area (Å²) in [6.45, 7) is 4.58. The predicted molar refractivity (Wildman–Crippen MR) is 126 cm³/mol. The summed E-state index contributed by atoms with van der Waals surface area (Å²) in [5.41, 5.74) is 2.74. The fourth-order valence-corrected chi connectivity index (χ4v) is 3.78. The Morgan fingerprint density at radius 1 is 1.12 bits per heavy atom. The van der Waals surface area contributed by atoms with Gasteiger partial charge in [-0.3, -0.25) is 4.79 Å². The van der Waals surface area contributed by atoms with Gasteiger partial charge in [-0.1, -0.05) is 37.3 Å². The van der Waals surface area contributed by atoms with Crippen LogP contribution < -0.4 is 5.32 Å². The lowest BCUT2D eigenvalue weighted by Gasteiger charge is -2.15. The van der Waals surface area contributed by atoms with Crippen LogP contribution in [0.25, 0.3) is 22.3 Å². The van der Waals surface area contributed by atoms with Crippen molar-refractivity contribution in [3.63, 3.8) is 0 Å². The maximum Gasteiger partial charge on any atom is 0.257 e. The quantitative estimate of drug-likeness (QED) is 0.377. The molecule has 1 atom stereocenters. The van der Waals surface area contributed by atoms with E-state index < -0.39 is 0 Å². The number of fused-ring (bicyclic) bond motifs is 1. The number of rotatable bonds is 7. The van der Waals surface area contributed by atoms with Gasteiger partial charge in [-0.05, 0) is 31.5 Å². The number of aromatic nitrogens is 5. The highest BCUT2D eigenvalue weighted by Gasteiger charge is 2.20. The molecule has 8 heteroatoms. The predicted octanol–water partition coefficient (Wildman–Crippen LogP) is 5.16.